The first-order valence-corrected chi connectivity index (χ1v) is 8.16. The van der Waals surface area contributed by atoms with Crippen LogP contribution in [0.4, 0.5) is 5.69 Å². The van der Waals surface area contributed by atoms with Gasteiger partial charge in [0.25, 0.3) is 5.91 Å². The molecule has 2 rings (SSSR count). The predicted octanol–water partition coefficient (Wildman–Crippen LogP) is 2.01. The van der Waals surface area contributed by atoms with Crippen molar-refractivity contribution in [3.05, 3.63) is 29.8 Å². The van der Waals surface area contributed by atoms with E-state index in [0.29, 0.717) is 25.2 Å². The van der Waals surface area contributed by atoms with E-state index in [2.05, 4.69) is 29.5 Å². The first-order valence-electron chi connectivity index (χ1n) is 8.16. The summed E-state index contributed by atoms with van der Waals surface area (Å²) in [4.78, 5) is 16.4. The van der Waals surface area contributed by atoms with Gasteiger partial charge in [0.05, 0.1) is 6.54 Å². The molecule has 0 aromatic heterocycles. The van der Waals surface area contributed by atoms with Crippen molar-refractivity contribution in [3.63, 3.8) is 0 Å². The third kappa shape index (κ3) is 5.56. The van der Waals surface area contributed by atoms with Crippen molar-refractivity contribution in [2.24, 2.45) is 10.7 Å². The second-order valence-corrected chi connectivity index (χ2v) is 5.85. The maximum absolute atomic E-state index is 12.1. The van der Waals surface area contributed by atoms with E-state index < -0.39 is 0 Å². The lowest BCUT2D eigenvalue weighted by atomic mass is 10.2. The summed E-state index contributed by atoms with van der Waals surface area (Å²) in [6.07, 6.45) is 2.39. The van der Waals surface area contributed by atoms with Crippen LogP contribution in [0.1, 0.15) is 38.7 Å². The number of carbonyl (C=O) groups excluding carboxylic acids is 1. The molecule has 6 nitrogen and oxygen atoms in total. The zero-order chi connectivity index (χ0) is 16.7. The van der Waals surface area contributed by atoms with E-state index in [0.717, 1.165) is 30.5 Å². The Bertz CT molecular complexity index is 553. The molecule has 2 atom stereocenters. The van der Waals surface area contributed by atoms with E-state index in [1.165, 1.54) is 0 Å². The third-order valence-corrected chi connectivity index (χ3v) is 3.86. The highest BCUT2D eigenvalue weighted by Crippen LogP contribution is 2.16. The predicted molar refractivity (Wildman–Crippen MR) is 92.3 cm³/mol. The minimum absolute atomic E-state index is 0.0823. The maximum Gasteiger partial charge on any atom is 0.253 e. The van der Waals surface area contributed by atoms with Crippen LogP contribution in [0.15, 0.2) is 29.3 Å². The zero-order valence-electron chi connectivity index (χ0n) is 13.8. The molecule has 2 unspecified atom stereocenters. The van der Waals surface area contributed by atoms with Crippen LogP contribution < -0.4 is 16.4 Å². The van der Waals surface area contributed by atoms with Crippen molar-refractivity contribution >= 4 is 17.6 Å². The molecule has 1 fully saturated rings. The van der Waals surface area contributed by atoms with E-state index in [1.54, 1.807) is 0 Å². The number of aliphatic imine (C=N–C) groups is 1. The zero-order valence-corrected chi connectivity index (χ0v) is 13.8. The average Bonchev–Trinajstić information content (AvgIpc) is 3.08. The van der Waals surface area contributed by atoms with Gasteiger partial charge in [-0.05, 0) is 43.9 Å². The van der Waals surface area contributed by atoms with Gasteiger partial charge in [0.2, 0.25) is 0 Å². The van der Waals surface area contributed by atoms with Gasteiger partial charge in [0.1, 0.15) is 6.10 Å². The summed E-state index contributed by atoms with van der Waals surface area (Å²) in [7, 11) is 0. The molecule has 23 heavy (non-hydrogen) atoms. The Hall–Kier alpha value is -2.08. The molecule has 1 heterocycles. The van der Waals surface area contributed by atoms with Gasteiger partial charge in [-0.25, -0.2) is 4.99 Å². The van der Waals surface area contributed by atoms with E-state index >= 15 is 0 Å². The summed E-state index contributed by atoms with van der Waals surface area (Å²) in [6.45, 7) is 5.28. The molecule has 0 bridgehead atoms. The standard InChI is InChI=1S/C17H26N4O2/c1-3-12(2)20-17(18)19-11-13-6-4-7-14(10-13)21-16(22)15-8-5-9-23-15/h4,6-7,10,12,15H,3,5,8-9,11H2,1-2H3,(H,21,22)(H3,18,19,20). The first kappa shape index (κ1) is 17.3. The fraction of sp³-hybridized carbons (Fsp3) is 0.529. The van der Waals surface area contributed by atoms with Crippen molar-refractivity contribution in [2.75, 3.05) is 11.9 Å². The number of benzene rings is 1. The van der Waals surface area contributed by atoms with Gasteiger partial charge in [-0.15, -0.1) is 0 Å². The molecule has 0 spiro atoms. The van der Waals surface area contributed by atoms with Crippen molar-refractivity contribution in [1.82, 2.24) is 5.32 Å². The Labute approximate surface area is 137 Å². The van der Waals surface area contributed by atoms with Crippen LogP contribution in [0.2, 0.25) is 0 Å². The molecule has 1 aromatic rings. The SMILES string of the molecule is CCC(C)NC(N)=NCc1cccc(NC(=O)C2CCCO2)c1. The number of ether oxygens (including phenoxy) is 1. The molecule has 1 saturated heterocycles. The summed E-state index contributed by atoms with van der Waals surface area (Å²) < 4.78 is 5.38. The summed E-state index contributed by atoms with van der Waals surface area (Å²) in [6, 6.07) is 7.93. The largest absolute Gasteiger partial charge is 0.370 e. The Balaban J connectivity index is 1.91. The maximum atomic E-state index is 12.1. The number of guanidine groups is 1. The number of nitrogens with one attached hydrogen (secondary N) is 2. The fourth-order valence-electron chi connectivity index (χ4n) is 2.33. The second-order valence-electron chi connectivity index (χ2n) is 5.85. The van der Waals surface area contributed by atoms with E-state index in [1.807, 2.05) is 24.3 Å². The highest BCUT2D eigenvalue weighted by Gasteiger charge is 2.23. The first-order chi connectivity index (χ1) is 11.1. The van der Waals surface area contributed by atoms with E-state index in [4.69, 9.17) is 10.5 Å². The molecule has 126 valence electrons. The van der Waals surface area contributed by atoms with Gasteiger partial charge >= 0.3 is 0 Å². The Morgan fingerprint density at radius 2 is 2.35 bits per heavy atom. The number of hydrogen-bond donors (Lipinski definition) is 3. The highest BCUT2D eigenvalue weighted by atomic mass is 16.5. The minimum atomic E-state index is -0.327. The molecule has 6 heteroatoms. The number of nitrogens with zero attached hydrogens (tertiary/aromatic N) is 1. The van der Waals surface area contributed by atoms with Crippen molar-refractivity contribution < 1.29 is 9.53 Å². The van der Waals surface area contributed by atoms with Crippen molar-refractivity contribution in [3.8, 4) is 0 Å². The molecule has 1 aliphatic rings. The van der Waals surface area contributed by atoms with Gasteiger partial charge in [-0.1, -0.05) is 19.1 Å². The minimum Gasteiger partial charge on any atom is -0.370 e. The van der Waals surface area contributed by atoms with Gasteiger partial charge in [-0.3, -0.25) is 4.79 Å². The van der Waals surface area contributed by atoms with Crippen LogP contribution in [0.5, 0.6) is 0 Å². The number of hydrogen-bond acceptors (Lipinski definition) is 3. The summed E-state index contributed by atoms with van der Waals surface area (Å²) >= 11 is 0. The summed E-state index contributed by atoms with van der Waals surface area (Å²) in [5.74, 6) is 0.356. The van der Waals surface area contributed by atoms with Gasteiger partial charge in [0, 0.05) is 18.3 Å². The fourth-order valence-corrected chi connectivity index (χ4v) is 2.33. The number of amides is 1. The van der Waals surface area contributed by atoms with Crippen LogP contribution in [-0.4, -0.2) is 30.6 Å². The lowest BCUT2D eigenvalue weighted by molar-refractivity contribution is -0.124. The Morgan fingerprint density at radius 3 is 3.04 bits per heavy atom. The molecule has 0 aliphatic carbocycles. The van der Waals surface area contributed by atoms with Crippen LogP contribution in [-0.2, 0) is 16.1 Å². The Morgan fingerprint density at radius 1 is 1.52 bits per heavy atom. The topological polar surface area (TPSA) is 88.7 Å². The monoisotopic (exact) mass is 318 g/mol. The number of carbonyl (C=O) groups is 1. The van der Waals surface area contributed by atoms with Gasteiger partial charge in [0.15, 0.2) is 5.96 Å². The van der Waals surface area contributed by atoms with Gasteiger partial charge in [-0.2, -0.15) is 0 Å². The van der Waals surface area contributed by atoms with E-state index in [-0.39, 0.29) is 12.0 Å². The molecule has 4 N–H and O–H groups in total. The van der Waals surface area contributed by atoms with Crippen molar-refractivity contribution in [1.29, 1.82) is 0 Å². The molecule has 1 aromatic carbocycles. The number of nitrogens with two attached hydrogens (primary N) is 1. The van der Waals surface area contributed by atoms with Crippen LogP contribution in [0.25, 0.3) is 0 Å². The van der Waals surface area contributed by atoms with Crippen LogP contribution in [0, 0.1) is 0 Å². The van der Waals surface area contributed by atoms with Crippen LogP contribution in [0.3, 0.4) is 0 Å². The normalized spacial score (nSPS) is 19.4. The molecule has 1 aliphatic heterocycles. The molecular formula is C17H26N4O2. The average molecular weight is 318 g/mol. The molecule has 0 saturated carbocycles. The number of rotatable bonds is 6. The lowest BCUT2D eigenvalue weighted by Crippen LogP contribution is -2.38. The van der Waals surface area contributed by atoms with Gasteiger partial charge < -0.3 is 21.1 Å². The molecular weight excluding hydrogens is 292 g/mol. The van der Waals surface area contributed by atoms with E-state index in [9.17, 15) is 4.79 Å². The summed E-state index contributed by atoms with van der Waals surface area (Å²) in [5.41, 5.74) is 7.60. The lowest BCUT2D eigenvalue weighted by Gasteiger charge is -2.12. The highest BCUT2D eigenvalue weighted by molar-refractivity contribution is 5.94. The number of anilines is 1. The quantitative estimate of drug-likeness (QED) is 0.553. The summed E-state index contributed by atoms with van der Waals surface area (Å²) in [5, 5.41) is 6.02. The molecule has 1 amide bonds. The molecule has 0 radical (unpaired) electrons. The second kappa shape index (κ2) is 8.53. The third-order valence-electron chi connectivity index (χ3n) is 3.86. The smallest absolute Gasteiger partial charge is 0.253 e. The van der Waals surface area contributed by atoms with Crippen molar-refractivity contribution in [2.45, 2.75) is 51.8 Å². The Kier molecular flexibility index (Phi) is 6.40. The van der Waals surface area contributed by atoms with Crippen LogP contribution >= 0.6 is 0 Å².